The Hall–Kier alpha value is -0.510. The Labute approximate surface area is 95.3 Å². The van der Waals surface area contributed by atoms with Gasteiger partial charge in [-0.25, -0.2) is 0 Å². The number of nitrogens with zero attached hydrogens (tertiary/aromatic N) is 1. The van der Waals surface area contributed by atoms with Gasteiger partial charge in [-0.2, -0.15) is 0 Å². The highest BCUT2D eigenvalue weighted by atomic mass is 32.2. The van der Waals surface area contributed by atoms with E-state index in [1.165, 1.54) is 4.90 Å². The fourth-order valence-electron chi connectivity index (χ4n) is 1.88. The summed E-state index contributed by atoms with van der Waals surface area (Å²) >= 11 is 1.80. The first-order chi connectivity index (χ1) is 7.25. The average molecular weight is 223 g/mol. The zero-order valence-corrected chi connectivity index (χ0v) is 9.78. The molecule has 0 aromatic heterocycles. The number of thioether (sulfide) groups is 1. The molecule has 0 spiro atoms. The largest absolute Gasteiger partial charge is 0.391 e. The zero-order valence-electron chi connectivity index (χ0n) is 8.97. The van der Waals surface area contributed by atoms with Gasteiger partial charge in [0.1, 0.15) is 0 Å². The van der Waals surface area contributed by atoms with E-state index in [0.29, 0.717) is 5.25 Å². The van der Waals surface area contributed by atoms with Crippen molar-refractivity contribution in [2.24, 2.45) is 0 Å². The number of hydrogen-bond acceptors (Lipinski definition) is 3. The minimum atomic E-state index is -0.200. The Balaban J connectivity index is 1.95. The smallest absolute Gasteiger partial charge is 0.0789 e. The van der Waals surface area contributed by atoms with Gasteiger partial charge in [-0.3, -0.25) is 0 Å². The Kier molecular flexibility index (Phi) is 3.67. The second-order valence-electron chi connectivity index (χ2n) is 4.09. The van der Waals surface area contributed by atoms with Crippen LogP contribution in [-0.4, -0.2) is 41.5 Å². The predicted molar refractivity (Wildman–Crippen MR) is 64.2 cm³/mol. The lowest BCUT2D eigenvalue weighted by atomic mass is 10.1. The van der Waals surface area contributed by atoms with E-state index < -0.39 is 0 Å². The third-order valence-corrected chi connectivity index (χ3v) is 4.15. The molecule has 1 fully saturated rings. The second kappa shape index (κ2) is 5.01. The monoisotopic (exact) mass is 223 g/mol. The van der Waals surface area contributed by atoms with Crippen LogP contribution in [0.3, 0.4) is 0 Å². The normalized spacial score (nSPS) is 27.9. The lowest BCUT2D eigenvalue weighted by Gasteiger charge is -2.33. The van der Waals surface area contributed by atoms with E-state index in [1.807, 2.05) is 18.2 Å². The SMILES string of the molecule is CN1CC[C@@H](Sc2ccccc2)[C@H](O)C1. The molecule has 1 aromatic rings. The summed E-state index contributed by atoms with van der Waals surface area (Å²) in [6.07, 6.45) is 0.867. The van der Waals surface area contributed by atoms with Crippen LogP contribution in [0.5, 0.6) is 0 Å². The summed E-state index contributed by atoms with van der Waals surface area (Å²) in [5.41, 5.74) is 0. The van der Waals surface area contributed by atoms with Crippen molar-refractivity contribution in [1.82, 2.24) is 4.90 Å². The van der Waals surface area contributed by atoms with Crippen LogP contribution in [-0.2, 0) is 0 Å². The summed E-state index contributed by atoms with van der Waals surface area (Å²) in [6, 6.07) is 10.3. The lowest BCUT2D eigenvalue weighted by Crippen LogP contribution is -2.43. The summed E-state index contributed by atoms with van der Waals surface area (Å²) in [4.78, 5) is 3.44. The number of likely N-dealkylation sites (N-methyl/N-ethyl adjacent to an activating group) is 1. The molecule has 1 N–H and O–H groups in total. The topological polar surface area (TPSA) is 23.5 Å². The van der Waals surface area contributed by atoms with Crippen molar-refractivity contribution < 1.29 is 5.11 Å². The van der Waals surface area contributed by atoms with E-state index in [2.05, 4.69) is 24.1 Å². The molecule has 82 valence electrons. The van der Waals surface area contributed by atoms with Crippen LogP contribution in [0.2, 0.25) is 0 Å². The second-order valence-corrected chi connectivity index (χ2v) is 5.40. The lowest BCUT2D eigenvalue weighted by molar-refractivity contribution is 0.0905. The fourth-order valence-corrected chi connectivity index (χ4v) is 3.01. The Morgan fingerprint density at radius 3 is 2.73 bits per heavy atom. The highest BCUT2D eigenvalue weighted by Crippen LogP contribution is 2.29. The number of aliphatic hydroxyl groups excluding tert-OH is 1. The van der Waals surface area contributed by atoms with Crippen molar-refractivity contribution >= 4 is 11.8 Å². The van der Waals surface area contributed by atoms with Gasteiger partial charge in [0.15, 0.2) is 0 Å². The summed E-state index contributed by atoms with van der Waals surface area (Å²) in [6.45, 7) is 1.88. The molecular formula is C12H17NOS. The molecule has 15 heavy (non-hydrogen) atoms. The van der Waals surface area contributed by atoms with E-state index in [4.69, 9.17) is 0 Å². The highest BCUT2D eigenvalue weighted by Gasteiger charge is 2.26. The van der Waals surface area contributed by atoms with Crippen molar-refractivity contribution in [3.05, 3.63) is 30.3 Å². The molecule has 0 bridgehead atoms. The summed E-state index contributed by atoms with van der Waals surface area (Å²) in [5, 5.41) is 10.3. The van der Waals surface area contributed by atoms with Gasteiger partial charge >= 0.3 is 0 Å². The minimum Gasteiger partial charge on any atom is -0.391 e. The van der Waals surface area contributed by atoms with Gasteiger partial charge in [-0.1, -0.05) is 18.2 Å². The Morgan fingerprint density at radius 1 is 1.33 bits per heavy atom. The summed E-state index contributed by atoms with van der Waals surface area (Å²) in [5.74, 6) is 0. The van der Waals surface area contributed by atoms with Crippen molar-refractivity contribution in [2.75, 3.05) is 20.1 Å². The van der Waals surface area contributed by atoms with Crippen LogP contribution >= 0.6 is 11.8 Å². The first-order valence-electron chi connectivity index (χ1n) is 5.34. The number of piperidine rings is 1. The quantitative estimate of drug-likeness (QED) is 0.827. The van der Waals surface area contributed by atoms with Crippen LogP contribution in [0, 0.1) is 0 Å². The minimum absolute atomic E-state index is 0.200. The van der Waals surface area contributed by atoms with Gasteiger partial charge in [0.25, 0.3) is 0 Å². The third kappa shape index (κ3) is 2.97. The summed E-state index contributed by atoms with van der Waals surface area (Å²) in [7, 11) is 2.06. The molecule has 0 amide bonds. The van der Waals surface area contributed by atoms with Gasteiger partial charge in [-0.05, 0) is 32.1 Å². The van der Waals surface area contributed by atoms with Crippen LogP contribution in [0.25, 0.3) is 0 Å². The van der Waals surface area contributed by atoms with E-state index in [0.717, 1.165) is 19.5 Å². The molecular weight excluding hydrogens is 206 g/mol. The number of rotatable bonds is 2. The van der Waals surface area contributed by atoms with Crippen molar-refractivity contribution in [3.8, 4) is 0 Å². The first-order valence-corrected chi connectivity index (χ1v) is 6.22. The Morgan fingerprint density at radius 2 is 2.07 bits per heavy atom. The van der Waals surface area contributed by atoms with Crippen LogP contribution in [0.4, 0.5) is 0 Å². The molecule has 1 aromatic carbocycles. The van der Waals surface area contributed by atoms with Crippen molar-refractivity contribution in [3.63, 3.8) is 0 Å². The number of likely N-dealkylation sites (tertiary alicyclic amines) is 1. The van der Waals surface area contributed by atoms with Crippen LogP contribution < -0.4 is 0 Å². The maximum atomic E-state index is 9.94. The van der Waals surface area contributed by atoms with E-state index >= 15 is 0 Å². The standard InChI is InChI=1S/C12H17NOS/c1-13-8-7-12(11(14)9-13)15-10-5-3-2-4-6-10/h2-6,11-12,14H,7-9H2,1H3/t11-,12-/m1/s1. The molecule has 0 unspecified atom stereocenters. The van der Waals surface area contributed by atoms with Gasteiger partial charge in [0.05, 0.1) is 6.10 Å². The molecule has 1 heterocycles. The van der Waals surface area contributed by atoms with Crippen LogP contribution in [0.15, 0.2) is 35.2 Å². The predicted octanol–water partition coefficient (Wildman–Crippen LogP) is 1.84. The number of hydrogen-bond donors (Lipinski definition) is 1. The molecule has 1 aliphatic heterocycles. The number of aliphatic hydroxyl groups is 1. The molecule has 0 saturated carbocycles. The molecule has 2 nitrogen and oxygen atoms in total. The fraction of sp³-hybridized carbons (Fsp3) is 0.500. The average Bonchev–Trinajstić information content (AvgIpc) is 2.24. The molecule has 2 atom stereocenters. The van der Waals surface area contributed by atoms with E-state index in [-0.39, 0.29) is 6.10 Å². The van der Waals surface area contributed by atoms with Gasteiger partial charge in [0.2, 0.25) is 0 Å². The highest BCUT2D eigenvalue weighted by molar-refractivity contribution is 8.00. The van der Waals surface area contributed by atoms with Gasteiger partial charge in [0, 0.05) is 16.7 Å². The van der Waals surface area contributed by atoms with E-state index in [1.54, 1.807) is 11.8 Å². The maximum absolute atomic E-state index is 9.94. The first kappa shape index (κ1) is 11.0. The van der Waals surface area contributed by atoms with Crippen molar-refractivity contribution in [2.45, 2.75) is 22.7 Å². The van der Waals surface area contributed by atoms with Gasteiger partial charge in [-0.15, -0.1) is 11.8 Å². The number of β-amino-alcohol motifs (C(OH)–C–C–N with tert-alkyl or cyclic N) is 1. The zero-order chi connectivity index (χ0) is 10.7. The molecule has 1 aliphatic rings. The molecule has 0 aliphatic carbocycles. The van der Waals surface area contributed by atoms with Gasteiger partial charge < -0.3 is 10.0 Å². The molecule has 2 rings (SSSR count). The third-order valence-electron chi connectivity index (χ3n) is 2.75. The molecule has 1 saturated heterocycles. The number of benzene rings is 1. The maximum Gasteiger partial charge on any atom is 0.0789 e. The van der Waals surface area contributed by atoms with E-state index in [9.17, 15) is 5.11 Å². The Bertz CT molecular complexity index is 304. The van der Waals surface area contributed by atoms with Crippen molar-refractivity contribution in [1.29, 1.82) is 0 Å². The molecule has 3 heteroatoms. The summed E-state index contributed by atoms with van der Waals surface area (Å²) < 4.78 is 0. The van der Waals surface area contributed by atoms with Crippen LogP contribution in [0.1, 0.15) is 6.42 Å². The molecule has 0 radical (unpaired) electrons.